The molecule has 0 radical (unpaired) electrons. The molecule has 0 unspecified atom stereocenters. The fraction of sp³-hybridized carbons (Fsp3) is 0.0588. The summed E-state index contributed by atoms with van der Waals surface area (Å²) < 4.78 is 0. The lowest BCUT2D eigenvalue weighted by Gasteiger charge is -2.04. The largest absolute Gasteiger partial charge is 0.350 e. The van der Waals surface area contributed by atoms with E-state index in [9.17, 15) is 4.79 Å². The van der Waals surface area contributed by atoms with Gasteiger partial charge in [0, 0.05) is 21.6 Å². The molecular weight excluding hydrogens is 298 g/mol. The van der Waals surface area contributed by atoms with Crippen LogP contribution in [0.4, 0.5) is 5.69 Å². The Kier molecular flexibility index (Phi) is 3.58. The first-order valence-corrected chi connectivity index (χ1v) is 7.05. The maximum atomic E-state index is 12.4. The van der Waals surface area contributed by atoms with E-state index >= 15 is 0 Å². The number of benzene rings is 2. The molecule has 5 heteroatoms. The Bertz CT molecular complexity index is 904. The molecule has 0 saturated heterocycles. The van der Waals surface area contributed by atoms with Crippen molar-refractivity contribution in [1.82, 2.24) is 4.98 Å². The maximum absolute atomic E-state index is 12.4. The van der Waals surface area contributed by atoms with Crippen LogP contribution in [0.25, 0.3) is 10.9 Å². The molecule has 0 spiro atoms. The van der Waals surface area contributed by atoms with Crippen LogP contribution < -0.4 is 5.32 Å². The van der Waals surface area contributed by atoms with Crippen molar-refractivity contribution < 1.29 is 4.79 Å². The van der Waals surface area contributed by atoms with E-state index in [1.54, 1.807) is 30.3 Å². The lowest BCUT2D eigenvalue weighted by molar-refractivity contribution is 0.102. The van der Waals surface area contributed by atoms with Gasteiger partial charge in [0.2, 0.25) is 0 Å². The number of aryl methyl sites for hydroxylation is 1. The fourth-order valence-electron chi connectivity index (χ4n) is 2.35. The normalized spacial score (nSPS) is 10.4. The highest BCUT2D eigenvalue weighted by Gasteiger charge is 2.15. The highest BCUT2D eigenvalue weighted by atomic mass is 35.5. The van der Waals surface area contributed by atoms with Crippen molar-refractivity contribution in [2.24, 2.45) is 0 Å². The van der Waals surface area contributed by atoms with Crippen LogP contribution in [0, 0.1) is 18.3 Å². The summed E-state index contributed by atoms with van der Waals surface area (Å²) >= 11 is 6.00. The molecule has 0 aliphatic rings. The number of aromatic amines is 1. The molecule has 3 rings (SSSR count). The van der Waals surface area contributed by atoms with E-state index in [0.29, 0.717) is 22.0 Å². The Hall–Kier alpha value is -2.77. The minimum atomic E-state index is -0.227. The van der Waals surface area contributed by atoms with Crippen LogP contribution in [-0.4, -0.2) is 10.9 Å². The average Bonchev–Trinajstić information content (AvgIpc) is 2.85. The van der Waals surface area contributed by atoms with Crippen molar-refractivity contribution >= 4 is 34.1 Å². The number of nitrogens with zero attached hydrogens (tertiary/aromatic N) is 1. The summed E-state index contributed by atoms with van der Waals surface area (Å²) in [6.07, 6.45) is 0. The van der Waals surface area contributed by atoms with E-state index in [1.165, 1.54) is 0 Å². The summed E-state index contributed by atoms with van der Waals surface area (Å²) in [5.41, 5.74) is 3.41. The van der Waals surface area contributed by atoms with Gasteiger partial charge in [-0.2, -0.15) is 5.26 Å². The molecule has 3 aromatic rings. The number of carbonyl (C=O) groups is 1. The highest BCUT2D eigenvalue weighted by molar-refractivity contribution is 6.31. The molecule has 0 aliphatic heterocycles. The Morgan fingerprint density at radius 1 is 1.23 bits per heavy atom. The van der Waals surface area contributed by atoms with Gasteiger partial charge < -0.3 is 10.3 Å². The number of H-pyrrole nitrogens is 1. The van der Waals surface area contributed by atoms with Crippen molar-refractivity contribution in [2.45, 2.75) is 6.92 Å². The quantitative estimate of drug-likeness (QED) is 0.743. The molecule has 0 atom stereocenters. The molecule has 0 fully saturated rings. The fourth-order valence-corrected chi connectivity index (χ4v) is 2.52. The summed E-state index contributed by atoms with van der Waals surface area (Å²) in [5.74, 6) is -0.227. The SMILES string of the molecule is Cc1c(C(=O)Nc2ccc(C#N)cc2)[nH]c2ccc(Cl)cc12. The minimum absolute atomic E-state index is 0.227. The van der Waals surface area contributed by atoms with Gasteiger partial charge >= 0.3 is 0 Å². The van der Waals surface area contributed by atoms with Crippen LogP contribution in [0.2, 0.25) is 5.02 Å². The van der Waals surface area contributed by atoms with Crippen molar-refractivity contribution in [3.8, 4) is 6.07 Å². The third kappa shape index (κ3) is 2.54. The predicted octanol–water partition coefficient (Wildman–Crippen LogP) is 4.25. The van der Waals surface area contributed by atoms with Crippen LogP contribution in [0.15, 0.2) is 42.5 Å². The van der Waals surface area contributed by atoms with Crippen LogP contribution in [0.5, 0.6) is 0 Å². The average molecular weight is 310 g/mol. The van der Waals surface area contributed by atoms with E-state index in [4.69, 9.17) is 16.9 Å². The standard InChI is InChI=1S/C17H12ClN3O/c1-10-14-8-12(18)4-7-15(14)21-16(10)17(22)20-13-5-2-11(9-19)3-6-13/h2-8,21H,1H3,(H,20,22). The zero-order valence-corrected chi connectivity index (χ0v) is 12.5. The summed E-state index contributed by atoms with van der Waals surface area (Å²) in [5, 5.41) is 13.1. The summed E-state index contributed by atoms with van der Waals surface area (Å²) in [4.78, 5) is 15.5. The molecule has 2 aromatic carbocycles. The molecule has 1 heterocycles. The Morgan fingerprint density at radius 2 is 1.95 bits per heavy atom. The molecule has 0 aliphatic carbocycles. The number of nitrogens with one attached hydrogen (secondary N) is 2. The van der Waals surface area contributed by atoms with Gasteiger partial charge in [0.15, 0.2) is 0 Å². The maximum Gasteiger partial charge on any atom is 0.272 e. The first-order chi connectivity index (χ1) is 10.6. The van der Waals surface area contributed by atoms with Gasteiger partial charge in [0.05, 0.1) is 11.6 Å². The lowest BCUT2D eigenvalue weighted by atomic mass is 10.1. The first-order valence-electron chi connectivity index (χ1n) is 6.68. The molecule has 4 nitrogen and oxygen atoms in total. The number of nitriles is 1. The first kappa shape index (κ1) is 14.2. The van der Waals surface area contributed by atoms with E-state index in [1.807, 2.05) is 25.1 Å². The molecule has 0 bridgehead atoms. The number of fused-ring (bicyclic) bond motifs is 1. The van der Waals surface area contributed by atoms with E-state index in [0.717, 1.165) is 16.5 Å². The molecule has 22 heavy (non-hydrogen) atoms. The van der Waals surface area contributed by atoms with Gasteiger partial charge in [-0.25, -0.2) is 0 Å². The van der Waals surface area contributed by atoms with Crippen molar-refractivity contribution in [2.75, 3.05) is 5.32 Å². The second-order valence-electron chi connectivity index (χ2n) is 4.96. The number of amides is 1. The number of rotatable bonds is 2. The van der Waals surface area contributed by atoms with Gasteiger partial charge in [-0.05, 0) is 55.0 Å². The highest BCUT2D eigenvalue weighted by Crippen LogP contribution is 2.25. The third-order valence-corrected chi connectivity index (χ3v) is 3.75. The van der Waals surface area contributed by atoms with Crippen LogP contribution in [0.3, 0.4) is 0 Å². The van der Waals surface area contributed by atoms with Crippen molar-refractivity contribution in [3.63, 3.8) is 0 Å². The topological polar surface area (TPSA) is 68.7 Å². The van der Waals surface area contributed by atoms with Crippen LogP contribution in [-0.2, 0) is 0 Å². The predicted molar refractivity (Wildman–Crippen MR) is 87.2 cm³/mol. The Morgan fingerprint density at radius 3 is 2.64 bits per heavy atom. The van der Waals surface area contributed by atoms with E-state index < -0.39 is 0 Å². The zero-order valence-electron chi connectivity index (χ0n) is 11.8. The Balaban J connectivity index is 1.91. The van der Waals surface area contributed by atoms with Gasteiger partial charge in [-0.3, -0.25) is 4.79 Å². The number of aromatic nitrogens is 1. The number of anilines is 1. The number of hydrogen-bond acceptors (Lipinski definition) is 2. The molecule has 0 saturated carbocycles. The smallest absolute Gasteiger partial charge is 0.272 e. The second-order valence-corrected chi connectivity index (χ2v) is 5.39. The third-order valence-electron chi connectivity index (χ3n) is 3.52. The van der Waals surface area contributed by atoms with Crippen LogP contribution in [0.1, 0.15) is 21.6 Å². The van der Waals surface area contributed by atoms with Gasteiger partial charge in [-0.1, -0.05) is 11.6 Å². The summed E-state index contributed by atoms with van der Waals surface area (Å²) in [6.45, 7) is 1.88. The van der Waals surface area contributed by atoms with Gasteiger partial charge in [0.25, 0.3) is 5.91 Å². The zero-order chi connectivity index (χ0) is 15.7. The minimum Gasteiger partial charge on any atom is -0.350 e. The van der Waals surface area contributed by atoms with Crippen molar-refractivity contribution in [1.29, 1.82) is 5.26 Å². The summed E-state index contributed by atoms with van der Waals surface area (Å²) in [7, 11) is 0. The number of halogens is 1. The van der Waals surface area contributed by atoms with Crippen molar-refractivity contribution in [3.05, 3.63) is 64.3 Å². The monoisotopic (exact) mass is 309 g/mol. The number of carbonyl (C=O) groups excluding carboxylic acids is 1. The molecular formula is C17H12ClN3O. The lowest BCUT2D eigenvalue weighted by Crippen LogP contribution is -2.13. The van der Waals surface area contributed by atoms with Gasteiger partial charge in [0.1, 0.15) is 5.69 Å². The van der Waals surface area contributed by atoms with E-state index in [2.05, 4.69) is 10.3 Å². The van der Waals surface area contributed by atoms with Crippen LogP contribution >= 0.6 is 11.6 Å². The molecule has 1 amide bonds. The molecule has 2 N–H and O–H groups in total. The van der Waals surface area contributed by atoms with E-state index in [-0.39, 0.29) is 5.91 Å². The number of hydrogen-bond donors (Lipinski definition) is 2. The second kappa shape index (κ2) is 5.55. The summed E-state index contributed by atoms with van der Waals surface area (Å²) in [6, 6.07) is 14.2. The Labute approximate surface area is 132 Å². The molecule has 1 aromatic heterocycles. The molecule has 108 valence electrons. The van der Waals surface area contributed by atoms with Gasteiger partial charge in [-0.15, -0.1) is 0 Å².